The van der Waals surface area contributed by atoms with Crippen LogP contribution in [0, 0.1) is 12.8 Å². The molecule has 1 aromatic rings. The van der Waals surface area contributed by atoms with Crippen molar-refractivity contribution in [2.45, 2.75) is 60.1 Å². The molecule has 1 atom stereocenters. The monoisotopic (exact) mass is 348 g/mol. The van der Waals surface area contributed by atoms with E-state index in [-0.39, 0.29) is 17.6 Å². The number of hydrogen-bond acceptors (Lipinski definition) is 4. The Kier molecular flexibility index (Phi) is 6.73. The molecule has 6 nitrogen and oxygen atoms in total. The van der Waals surface area contributed by atoms with Crippen LogP contribution in [0.4, 0.5) is 10.5 Å². The lowest BCUT2D eigenvalue weighted by molar-refractivity contribution is -0.119. The molecule has 1 aromatic carbocycles. The first-order valence-corrected chi connectivity index (χ1v) is 8.32. The van der Waals surface area contributed by atoms with Crippen LogP contribution in [0.1, 0.15) is 57.5 Å². The summed E-state index contributed by atoms with van der Waals surface area (Å²) in [4.78, 5) is 36.1. The maximum atomic E-state index is 12.6. The highest BCUT2D eigenvalue weighted by Gasteiger charge is 2.27. The zero-order valence-electron chi connectivity index (χ0n) is 16.0. The maximum absolute atomic E-state index is 12.6. The number of anilines is 1. The van der Waals surface area contributed by atoms with Gasteiger partial charge in [0.1, 0.15) is 11.6 Å². The van der Waals surface area contributed by atoms with Crippen LogP contribution in [0.25, 0.3) is 0 Å². The minimum absolute atomic E-state index is 0.0808. The van der Waals surface area contributed by atoms with Gasteiger partial charge in [0, 0.05) is 11.3 Å². The molecule has 25 heavy (non-hydrogen) atoms. The Hall–Kier alpha value is -2.37. The molecule has 138 valence electrons. The molecule has 0 radical (unpaired) electrons. The third-order valence-electron chi connectivity index (χ3n) is 3.52. The predicted octanol–water partition coefficient (Wildman–Crippen LogP) is 3.69. The van der Waals surface area contributed by atoms with Crippen molar-refractivity contribution in [3.05, 3.63) is 29.3 Å². The van der Waals surface area contributed by atoms with Gasteiger partial charge in [-0.3, -0.25) is 9.59 Å². The Morgan fingerprint density at radius 1 is 1.12 bits per heavy atom. The molecule has 1 unspecified atom stereocenters. The Morgan fingerprint density at radius 3 is 2.20 bits per heavy atom. The number of rotatable bonds is 5. The van der Waals surface area contributed by atoms with Gasteiger partial charge in [-0.05, 0) is 52.2 Å². The highest BCUT2D eigenvalue weighted by molar-refractivity contribution is 6.00. The first-order valence-electron chi connectivity index (χ1n) is 8.32. The van der Waals surface area contributed by atoms with E-state index < -0.39 is 17.7 Å². The van der Waals surface area contributed by atoms with Crippen molar-refractivity contribution < 1.29 is 19.1 Å². The molecule has 0 saturated heterocycles. The van der Waals surface area contributed by atoms with Gasteiger partial charge in [-0.15, -0.1) is 0 Å². The Labute approximate surface area is 149 Å². The zero-order chi connectivity index (χ0) is 19.4. The van der Waals surface area contributed by atoms with Crippen molar-refractivity contribution in [2.24, 2.45) is 5.92 Å². The summed E-state index contributed by atoms with van der Waals surface area (Å²) in [7, 11) is 0. The van der Waals surface area contributed by atoms with Crippen LogP contribution in [0.3, 0.4) is 0 Å². The predicted molar refractivity (Wildman–Crippen MR) is 97.8 cm³/mol. The average Bonchev–Trinajstić information content (AvgIpc) is 2.44. The van der Waals surface area contributed by atoms with E-state index in [0.29, 0.717) is 11.3 Å². The van der Waals surface area contributed by atoms with E-state index in [1.54, 1.807) is 39.0 Å². The summed E-state index contributed by atoms with van der Waals surface area (Å²) in [5.74, 6) is -0.573. The van der Waals surface area contributed by atoms with Crippen LogP contribution in [-0.2, 0) is 9.53 Å². The number of alkyl carbamates (subject to hydrolysis) is 1. The Morgan fingerprint density at radius 2 is 1.72 bits per heavy atom. The van der Waals surface area contributed by atoms with Gasteiger partial charge in [0.25, 0.3) is 0 Å². The highest BCUT2D eigenvalue weighted by atomic mass is 16.6. The van der Waals surface area contributed by atoms with Gasteiger partial charge in [0.05, 0.1) is 0 Å². The third-order valence-corrected chi connectivity index (χ3v) is 3.52. The molecule has 0 heterocycles. The topological polar surface area (TPSA) is 84.5 Å². The Balaban J connectivity index is 2.92. The summed E-state index contributed by atoms with van der Waals surface area (Å²) in [6.07, 6.45) is -0.643. The molecule has 0 aliphatic carbocycles. The van der Waals surface area contributed by atoms with Crippen LogP contribution < -0.4 is 10.6 Å². The molecule has 2 N–H and O–H groups in total. The number of carbonyl (C=O) groups excluding carboxylic acids is 3. The molecule has 6 heteroatoms. The zero-order valence-corrected chi connectivity index (χ0v) is 16.0. The van der Waals surface area contributed by atoms with Crippen molar-refractivity contribution in [3.8, 4) is 0 Å². The SMILES string of the molecule is CC(=O)c1ccc(C)c(NC(=O)C(NC(=O)OC(C)(C)C)C(C)C)c1. The second-order valence-corrected chi connectivity index (χ2v) is 7.44. The molecule has 0 aromatic heterocycles. The summed E-state index contributed by atoms with van der Waals surface area (Å²) in [6.45, 7) is 12.2. The summed E-state index contributed by atoms with van der Waals surface area (Å²) >= 11 is 0. The van der Waals surface area contributed by atoms with Gasteiger partial charge in [0.15, 0.2) is 5.78 Å². The molecular weight excluding hydrogens is 320 g/mol. The van der Waals surface area contributed by atoms with Crippen LogP contribution in [0.15, 0.2) is 18.2 Å². The largest absolute Gasteiger partial charge is 0.444 e. The van der Waals surface area contributed by atoms with Crippen LogP contribution in [0.2, 0.25) is 0 Å². The fraction of sp³-hybridized carbons (Fsp3) is 0.526. The lowest BCUT2D eigenvalue weighted by atomic mass is 10.0. The normalized spacial score (nSPS) is 12.5. The van der Waals surface area contributed by atoms with Crippen LogP contribution in [-0.4, -0.2) is 29.4 Å². The number of Topliss-reactive ketones (excluding diaryl/α,β-unsaturated/α-hetero) is 1. The molecule has 0 bridgehead atoms. The second kappa shape index (κ2) is 8.14. The Bertz CT molecular complexity index is 660. The fourth-order valence-electron chi connectivity index (χ4n) is 2.16. The van der Waals surface area contributed by atoms with E-state index in [0.717, 1.165) is 5.56 Å². The number of nitrogens with one attached hydrogen (secondary N) is 2. The molecule has 0 aliphatic rings. The van der Waals surface area contributed by atoms with Gasteiger partial charge < -0.3 is 15.4 Å². The molecule has 0 spiro atoms. The van der Waals surface area contributed by atoms with Crippen molar-refractivity contribution in [1.29, 1.82) is 0 Å². The molecule has 0 fully saturated rings. The van der Waals surface area contributed by atoms with Gasteiger partial charge in [0.2, 0.25) is 5.91 Å². The number of ether oxygens (including phenoxy) is 1. The minimum atomic E-state index is -0.754. The van der Waals surface area contributed by atoms with Crippen molar-refractivity contribution >= 4 is 23.5 Å². The molecule has 1 rings (SSSR count). The molecule has 0 aliphatic heterocycles. The van der Waals surface area contributed by atoms with E-state index in [4.69, 9.17) is 4.74 Å². The molecular formula is C19H28N2O4. The number of hydrogen-bond donors (Lipinski definition) is 2. The number of carbonyl (C=O) groups is 3. The number of benzene rings is 1. The van der Waals surface area contributed by atoms with Crippen molar-refractivity contribution in [3.63, 3.8) is 0 Å². The van der Waals surface area contributed by atoms with E-state index >= 15 is 0 Å². The van der Waals surface area contributed by atoms with E-state index in [2.05, 4.69) is 10.6 Å². The van der Waals surface area contributed by atoms with Crippen LogP contribution >= 0.6 is 0 Å². The third kappa shape index (κ3) is 6.57. The lowest BCUT2D eigenvalue weighted by Crippen LogP contribution is -2.48. The van der Waals surface area contributed by atoms with Crippen molar-refractivity contribution in [1.82, 2.24) is 5.32 Å². The lowest BCUT2D eigenvalue weighted by Gasteiger charge is -2.25. The maximum Gasteiger partial charge on any atom is 0.408 e. The first kappa shape index (κ1) is 20.7. The minimum Gasteiger partial charge on any atom is -0.444 e. The summed E-state index contributed by atoms with van der Waals surface area (Å²) in [6, 6.07) is 4.38. The molecule has 0 saturated carbocycles. The molecule has 2 amide bonds. The fourth-order valence-corrected chi connectivity index (χ4v) is 2.16. The number of aryl methyl sites for hydroxylation is 1. The second-order valence-electron chi connectivity index (χ2n) is 7.44. The van der Waals surface area contributed by atoms with Gasteiger partial charge in [-0.25, -0.2) is 4.79 Å². The number of amides is 2. The quantitative estimate of drug-likeness (QED) is 0.795. The standard InChI is InChI=1S/C19H28N2O4/c1-11(2)16(21-18(24)25-19(5,6)7)17(23)20-15-10-14(13(4)22)9-8-12(15)3/h8-11,16H,1-7H3,(H,20,23)(H,21,24). The first-order chi connectivity index (χ1) is 11.4. The van der Waals surface area contributed by atoms with Gasteiger partial charge in [-0.1, -0.05) is 26.0 Å². The average molecular weight is 348 g/mol. The summed E-state index contributed by atoms with van der Waals surface area (Å²) in [5.41, 5.74) is 1.25. The van der Waals surface area contributed by atoms with Gasteiger partial charge >= 0.3 is 6.09 Å². The number of ketones is 1. The van der Waals surface area contributed by atoms with E-state index in [9.17, 15) is 14.4 Å². The van der Waals surface area contributed by atoms with Crippen molar-refractivity contribution in [2.75, 3.05) is 5.32 Å². The summed E-state index contributed by atoms with van der Waals surface area (Å²) in [5, 5.41) is 5.40. The smallest absolute Gasteiger partial charge is 0.408 e. The van der Waals surface area contributed by atoms with Gasteiger partial charge in [-0.2, -0.15) is 0 Å². The summed E-state index contributed by atoms with van der Waals surface area (Å²) < 4.78 is 5.22. The van der Waals surface area contributed by atoms with E-state index in [1.807, 2.05) is 20.8 Å². The highest BCUT2D eigenvalue weighted by Crippen LogP contribution is 2.18. The van der Waals surface area contributed by atoms with E-state index in [1.165, 1.54) is 6.92 Å². The van der Waals surface area contributed by atoms with Crippen LogP contribution in [0.5, 0.6) is 0 Å².